The summed E-state index contributed by atoms with van der Waals surface area (Å²) in [6.07, 6.45) is 6.85. The second-order valence-corrected chi connectivity index (χ2v) is 6.44. The standard InChI is InChI=1S/C14H20N4S/c1-18(2)14(6-3-4-7-14)9-15-12-11-5-8-19-13(11)17-10-16-12/h5,8,10H,3-4,6-7,9H2,1-2H3,(H,15,16,17). The van der Waals surface area contributed by atoms with E-state index in [1.165, 1.54) is 25.7 Å². The van der Waals surface area contributed by atoms with Crippen molar-refractivity contribution in [2.24, 2.45) is 0 Å². The van der Waals surface area contributed by atoms with Crippen LogP contribution in [0.15, 0.2) is 17.8 Å². The third kappa shape index (κ3) is 2.32. The van der Waals surface area contributed by atoms with Crippen LogP contribution in [-0.2, 0) is 0 Å². The highest BCUT2D eigenvalue weighted by molar-refractivity contribution is 7.16. The van der Waals surface area contributed by atoms with Crippen LogP contribution >= 0.6 is 11.3 Å². The van der Waals surface area contributed by atoms with Gasteiger partial charge >= 0.3 is 0 Å². The lowest BCUT2D eigenvalue weighted by atomic mass is 9.96. The van der Waals surface area contributed by atoms with Crippen LogP contribution in [0.4, 0.5) is 5.82 Å². The van der Waals surface area contributed by atoms with Crippen LogP contribution in [-0.4, -0.2) is 41.0 Å². The summed E-state index contributed by atoms with van der Waals surface area (Å²) in [6.45, 7) is 0.960. The summed E-state index contributed by atoms with van der Waals surface area (Å²) in [7, 11) is 4.38. The van der Waals surface area contributed by atoms with E-state index in [1.807, 2.05) is 0 Å². The van der Waals surface area contributed by atoms with Crippen molar-refractivity contribution in [3.63, 3.8) is 0 Å². The van der Waals surface area contributed by atoms with Crippen molar-refractivity contribution in [1.82, 2.24) is 14.9 Å². The molecule has 1 saturated carbocycles. The summed E-state index contributed by atoms with van der Waals surface area (Å²) >= 11 is 1.66. The minimum Gasteiger partial charge on any atom is -0.368 e. The predicted octanol–water partition coefficient (Wildman–Crippen LogP) is 2.98. The summed E-state index contributed by atoms with van der Waals surface area (Å²) in [5.41, 5.74) is 0.285. The Morgan fingerprint density at radius 1 is 1.32 bits per heavy atom. The lowest BCUT2D eigenvalue weighted by molar-refractivity contribution is 0.172. The molecule has 0 bridgehead atoms. The Morgan fingerprint density at radius 2 is 2.11 bits per heavy atom. The summed E-state index contributed by atoms with van der Waals surface area (Å²) in [6, 6.07) is 2.10. The Balaban J connectivity index is 1.80. The summed E-state index contributed by atoms with van der Waals surface area (Å²) in [4.78, 5) is 12.1. The number of anilines is 1. The number of hydrogen-bond acceptors (Lipinski definition) is 5. The van der Waals surface area contributed by atoms with E-state index in [9.17, 15) is 0 Å². The molecule has 2 aromatic rings. The fraction of sp³-hybridized carbons (Fsp3) is 0.571. The Hall–Kier alpha value is -1.20. The van der Waals surface area contributed by atoms with Gasteiger partial charge in [-0.15, -0.1) is 11.3 Å². The molecule has 1 fully saturated rings. The molecule has 2 heterocycles. The number of likely N-dealkylation sites (N-methyl/N-ethyl adjacent to an activating group) is 1. The molecule has 0 saturated heterocycles. The van der Waals surface area contributed by atoms with E-state index >= 15 is 0 Å². The molecular formula is C14H20N4S. The smallest absolute Gasteiger partial charge is 0.138 e. The van der Waals surface area contributed by atoms with Crippen LogP contribution in [0.1, 0.15) is 25.7 Å². The highest BCUT2D eigenvalue weighted by atomic mass is 32.1. The number of nitrogens with zero attached hydrogens (tertiary/aromatic N) is 3. The van der Waals surface area contributed by atoms with Crippen LogP contribution in [0.3, 0.4) is 0 Å². The second kappa shape index (κ2) is 5.06. The van der Waals surface area contributed by atoms with E-state index in [2.05, 4.69) is 45.7 Å². The maximum absolute atomic E-state index is 4.40. The molecule has 1 aliphatic rings. The van der Waals surface area contributed by atoms with Crippen molar-refractivity contribution in [3.05, 3.63) is 17.8 Å². The number of thiophene rings is 1. The van der Waals surface area contributed by atoms with Gasteiger partial charge in [0.1, 0.15) is 17.0 Å². The van der Waals surface area contributed by atoms with E-state index < -0.39 is 0 Å². The van der Waals surface area contributed by atoms with Gasteiger partial charge in [-0.3, -0.25) is 0 Å². The van der Waals surface area contributed by atoms with E-state index in [1.54, 1.807) is 17.7 Å². The molecule has 0 aliphatic heterocycles. The highest BCUT2D eigenvalue weighted by Gasteiger charge is 2.35. The molecule has 102 valence electrons. The molecule has 19 heavy (non-hydrogen) atoms. The zero-order valence-electron chi connectivity index (χ0n) is 11.5. The van der Waals surface area contributed by atoms with Crippen molar-refractivity contribution in [1.29, 1.82) is 0 Å². The molecular weight excluding hydrogens is 256 g/mol. The maximum Gasteiger partial charge on any atom is 0.138 e. The lowest BCUT2D eigenvalue weighted by Gasteiger charge is -2.36. The first-order valence-electron chi connectivity index (χ1n) is 6.81. The zero-order valence-corrected chi connectivity index (χ0v) is 12.3. The molecule has 0 radical (unpaired) electrons. The third-order valence-electron chi connectivity index (χ3n) is 4.33. The summed E-state index contributed by atoms with van der Waals surface area (Å²) in [5, 5.41) is 6.76. The second-order valence-electron chi connectivity index (χ2n) is 5.54. The van der Waals surface area contributed by atoms with Crippen molar-refractivity contribution >= 4 is 27.4 Å². The molecule has 0 spiro atoms. The minimum absolute atomic E-state index is 0.285. The van der Waals surface area contributed by atoms with E-state index in [0.29, 0.717) is 0 Å². The van der Waals surface area contributed by atoms with Gasteiger partial charge in [-0.2, -0.15) is 0 Å². The molecule has 0 aromatic carbocycles. The molecule has 3 rings (SSSR count). The molecule has 0 atom stereocenters. The average molecular weight is 276 g/mol. The van der Waals surface area contributed by atoms with Gasteiger partial charge in [0.2, 0.25) is 0 Å². The van der Waals surface area contributed by atoms with Crippen molar-refractivity contribution in [2.45, 2.75) is 31.2 Å². The fourth-order valence-corrected chi connectivity index (χ4v) is 3.73. The van der Waals surface area contributed by atoms with Gasteiger partial charge in [0.25, 0.3) is 0 Å². The van der Waals surface area contributed by atoms with Crippen molar-refractivity contribution < 1.29 is 0 Å². The van der Waals surface area contributed by atoms with Crippen LogP contribution in [0.25, 0.3) is 10.2 Å². The number of nitrogens with one attached hydrogen (secondary N) is 1. The topological polar surface area (TPSA) is 41.0 Å². The van der Waals surface area contributed by atoms with Crippen LogP contribution in [0, 0.1) is 0 Å². The Morgan fingerprint density at radius 3 is 2.84 bits per heavy atom. The first-order chi connectivity index (χ1) is 9.21. The first-order valence-corrected chi connectivity index (χ1v) is 7.69. The Labute approximate surface area is 117 Å². The number of aromatic nitrogens is 2. The molecule has 0 unspecified atom stereocenters. The van der Waals surface area contributed by atoms with Gasteiger partial charge in [-0.25, -0.2) is 9.97 Å². The quantitative estimate of drug-likeness (QED) is 0.932. The van der Waals surface area contributed by atoms with E-state index in [-0.39, 0.29) is 5.54 Å². The molecule has 0 amide bonds. The molecule has 5 heteroatoms. The average Bonchev–Trinajstić information content (AvgIpc) is 3.06. The van der Waals surface area contributed by atoms with Gasteiger partial charge in [0, 0.05) is 12.1 Å². The van der Waals surface area contributed by atoms with Crippen molar-refractivity contribution in [3.8, 4) is 0 Å². The van der Waals surface area contributed by atoms with E-state index in [4.69, 9.17) is 0 Å². The van der Waals surface area contributed by atoms with Crippen LogP contribution in [0.2, 0.25) is 0 Å². The van der Waals surface area contributed by atoms with Crippen LogP contribution in [0.5, 0.6) is 0 Å². The third-order valence-corrected chi connectivity index (χ3v) is 5.15. The normalized spacial score (nSPS) is 18.3. The van der Waals surface area contributed by atoms with Crippen LogP contribution < -0.4 is 5.32 Å². The Bertz CT molecular complexity index is 557. The largest absolute Gasteiger partial charge is 0.368 e. The van der Waals surface area contributed by atoms with Gasteiger partial charge in [0.05, 0.1) is 5.39 Å². The van der Waals surface area contributed by atoms with Gasteiger partial charge < -0.3 is 10.2 Å². The first kappa shape index (κ1) is 12.8. The zero-order chi connectivity index (χ0) is 13.3. The molecule has 1 aliphatic carbocycles. The fourth-order valence-electron chi connectivity index (χ4n) is 2.99. The number of fused-ring (bicyclic) bond motifs is 1. The van der Waals surface area contributed by atoms with Gasteiger partial charge in [-0.05, 0) is 38.4 Å². The lowest BCUT2D eigenvalue weighted by Crippen LogP contribution is -2.47. The molecule has 4 nitrogen and oxygen atoms in total. The van der Waals surface area contributed by atoms with E-state index in [0.717, 1.165) is 22.6 Å². The van der Waals surface area contributed by atoms with Gasteiger partial charge in [-0.1, -0.05) is 12.8 Å². The van der Waals surface area contributed by atoms with Crippen molar-refractivity contribution in [2.75, 3.05) is 26.0 Å². The summed E-state index contributed by atoms with van der Waals surface area (Å²) in [5.74, 6) is 0.972. The molecule has 1 N–H and O–H groups in total. The monoisotopic (exact) mass is 276 g/mol. The SMILES string of the molecule is CN(C)C1(CNc2ncnc3sccc23)CCCC1. The summed E-state index contributed by atoms with van der Waals surface area (Å²) < 4.78 is 0. The predicted molar refractivity (Wildman–Crippen MR) is 80.8 cm³/mol. The Kier molecular flexibility index (Phi) is 3.41. The molecule has 2 aromatic heterocycles. The highest BCUT2D eigenvalue weighted by Crippen LogP contribution is 2.34. The minimum atomic E-state index is 0.285. The maximum atomic E-state index is 4.40. The van der Waals surface area contributed by atoms with Gasteiger partial charge in [0.15, 0.2) is 0 Å². The number of rotatable bonds is 4. The number of hydrogen-bond donors (Lipinski definition) is 1.